The molecule has 1 unspecified atom stereocenters. The first-order valence-corrected chi connectivity index (χ1v) is 4.77. The third-order valence-corrected chi connectivity index (χ3v) is 2.34. The van der Waals surface area contributed by atoms with Crippen LogP contribution in [0.3, 0.4) is 0 Å². The van der Waals surface area contributed by atoms with Crippen molar-refractivity contribution in [2.45, 2.75) is 11.4 Å². The van der Waals surface area contributed by atoms with Gasteiger partial charge < -0.3 is 15.0 Å². The molecule has 1 rings (SSSR count). The van der Waals surface area contributed by atoms with Crippen molar-refractivity contribution >= 4 is 11.1 Å². The lowest BCUT2D eigenvalue weighted by Gasteiger charge is -2.06. The average Bonchev–Trinajstić information content (AvgIpc) is 2.16. The summed E-state index contributed by atoms with van der Waals surface area (Å²) < 4.78 is 24.5. The van der Waals surface area contributed by atoms with E-state index in [-0.39, 0.29) is 0 Å². The molecule has 0 fully saturated rings. The number of hydrogen-bond donors (Lipinski definition) is 2. The largest absolute Gasteiger partial charge is 0.496 e. The van der Waals surface area contributed by atoms with Gasteiger partial charge >= 0.3 is 0 Å². The van der Waals surface area contributed by atoms with E-state index < -0.39 is 11.1 Å². The van der Waals surface area contributed by atoms with Gasteiger partial charge in [-0.3, -0.25) is 0 Å². The van der Waals surface area contributed by atoms with E-state index in [1.807, 2.05) is 0 Å². The fourth-order valence-corrected chi connectivity index (χ4v) is 1.39. The van der Waals surface area contributed by atoms with E-state index in [0.717, 1.165) is 5.56 Å². The lowest BCUT2D eigenvalue weighted by atomic mass is 10.2. The Kier molecular flexibility index (Phi) is 3.41. The van der Waals surface area contributed by atoms with Crippen LogP contribution in [0.4, 0.5) is 0 Å². The number of nitrogens with two attached hydrogens (primary N) is 1. The third-order valence-electron chi connectivity index (χ3n) is 1.68. The van der Waals surface area contributed by atoms with Crippen LogP contribution in [0.15, 0.2) is 23.1 Å². The van der Waals surface area contributed by atoms with Gasteiger partial charge in [0, 0.05) is 12.1 Å². The molecule has 72 valence electrons. The maximum absolute atomic E-state index is 10.7. The molecule has 0 aliphatic carbocycles. The lowest BCUT2D eigenvalue weighted by molar-refractivity contribution is 0.408. The normalized spacial score (nSPS) is 12.5. The summed E-state index contributed by atoms with van der Waals surface area (Å²) >= 11 is -1.97. The summed E-state index contributed by atoms with van der Waals surface area (Å²) in [5.41, 5.74) is 6.25. The molecule has 0 bridgehead atoms. The van der Waals surface area contributed by atoms with Gasteiger partial charge in [0.05, 0.1) is 12.0 Å². The van der Waals surface area contributed by atoms with Gasteiger partial charge in [0.1, 0.15) is 5.75 Å². The number of hydrogen-bond acceptors (Lipinski definition) is 3. The standard InChI is InChI=1S/C8H11NO3S/c1-12-8-4-7(13(10)11)3-2-6(8)5-9/h2-4H,5,9H2,1H3,(H,10,11). The minimum atomic E-state index is -1.97. The summed E-state index contributed by atoms with van der Waals surface area (Å²) in [6.07, 6.45) is 0. The van der Waals surface area contributed by atoms with Crippen LogP contribution in [-0.2, 0) is 17.6 Å². The predicted molar refractivity (Wildman–Crippen MR) is 49.9 cm³/mol. The van der Waals surface area contributed by atoms with Crippen molar-refractivity contribution in [1.29, 1.82) is 0 Å². The minimum absolute atomic E-state index is 0.314. The van der Waals surface area contributed by atoms with Crippen molar-refractivity contribution in [2.75, 3.05) is 7.11 Å². The summed E-state index contributed by atoms with van der Waals surface area (Å²) in [5.74, 6) is 0.544. The fraction of sp³-hybridized carbons (Fsp3) is 0.250. The van der Waals surface area contributed by atoms with E-state index in [2.05, 4.69) is 0 Å². The van der Waals surface area contributed by atoms with Crippen molar-refractivity contribution in [3.05, 3.63) is 23.8 Å². The summed E-state index contributed by atoms with van der Waals surface area (Å²) in [6.45, 7) is 0.349. The number of methoxy groups -OCH3 is 1. The van der Waals surface area contributed by atoms with Crippen molar-refractivity contribution in [2.24, 2.45) is 5.73 Å². The zero-order valence-corrected chi connectivity index (χ0v) is 8.00. The van der Waals surface area contributed by atoms with Crippen molar-refractivity contribution < 1.29 is 13.5 Å². The first kappa shape index (κ1) is 10.2. The van der Waals surface area contributed by atoms with Crippen LogP contribution in [0.2, 0.25) is 0 Å². The van der Waals surface area contributed by atoms with Gasteiger partial charge in [0.2, 0.25) is 0 Å². The van der Waals surface area contributed by atoms with Gasteiger partial charge in [-0.25, -0.2) is 4.21 Å². The van der Waals surface area contributed by atoms with Crippen LogP contribution >= 0.6 is 0 Å². The number of benzene rings is 1. The highest BCUT2D eigenvalue weighted by molar-refractivity contribution is 7.79. The van der Waals surface area contributed by atoms with Crippen LogP contribution in [-0.4, -0.2) is 15.9 Å². The van der Waals surface area contributed by atoms with Gasteiger partial charge in [-0.05, 0) is 12.1 Å². The summed E-state index contributed by atoms with van der Waals surface area (Å²) in [7, 11) is 1.50. The molecule has 4 nitrogen and oxygen atoms in total. The highest BCUT2D eigenvalue weighted by Gasteiger charge is 2.05. The Bertz CT molecular complexity index is 327. The molecule has 1 aromatic rings. The fourth-order valence-electron chi connectivity index (χ4n) is 1.00. The molecule has 13 heavy (non-hydrogen) atoms. The van der Waals surface area contributed by atoms with Crippen molar-refractivity contribution in [3.8, 4) is 5.75 Å². The first-order valence-electron chi connectivity index (χ1n) is 3.67. The maximum Gasteiger partial charge on any atom is 0.186 e. The molecule has 0 saturated carbocycles. The van der Waals surface area contributed by atoms with Crippen LogP contribution in [0.5, 0.6) is 5.75 Å². The molecular weight excluding hydrogens is 190 g/mol. The summed E-state index contributed by atoms with van der Waals surface area (Å²) in [6, 6.07) is 4.75. The van der Waals surface area contributed by atoms with E-state index >= 15 is 0 Å². The molecule has 0 saturated heterocycles. The molecule has 3 N–H and O–H groups in total. The van der Waals surface area contributed by atoms with Crippen molar-refractivity contribution in [3.63, 3.8) is 0 Å². The molecular formula is C8H11NO3S. The lowest BCUT2D eigenvalue weighted by Crippen LogP contribution is -2.01. The first-order chi connectivity index (χ1) is 6.19. The quantitative estimate of drug-likeness (QED) is 0.707. The van der Waals surface area contributed by atoms with Crippen LogP contribution in [0.1, 0.15) is 5.56 Å². The minimum Gasteiger partial charge on any atom is -0.496 e. The highest BCUT2D eigenvalue weighted by Crippen LogP contribution is 2.20. The maximum atomic E-state index is 10.7. The summed E-state index contributed by atoms with van der Waals surface area (Å²) in [4.78, 5) is 0.314. The topological polar surface area (TPSA) is 72.5 Å². The van der Waals surface area contributed by atoms with E-state index in [1.54, 1.807) is 12.1 Å². The third kappa shape index (κ3) is 2.27. The molecule has 5 heteroatoms. The zero-order chi connectivity index (χ0) is 9.84. The van der Waals surface area contributed by atoms with Gasteiger partial charge in [0.15, 0.2) is 11.1 Å². The smallest absolute Gasteiger partial charge is 0.186 e. The van der Waals surface area contributed by atoms with Gasteiger partial charge in [-0.15, -0.1) is 0 Å². The van der Waals surface area contributed by atoms with Crippen LogP contribution < -0.4 is 10.5 Å². The molecule has 0 spiro atoms. The molecule has 0 amide bonds. The van der Waals surface area contributed by atoms with Crippen molar-refractivity contribution in [1.82, 2.24) is 0 Å². The second-order valence-electron chi connectivity index (χ2n) is 2.43. The van der Waals surface area contributed by atoms with E-state index in [9.17, 15) is 4.21 Å². The Balaban J connectivity index is 3.13. The Morgan fingerprint density at radius 1 is 1.62 bits per heavy atom. The van der Waals surface area contributed by atoms with Crippen LogP contribution in [0.25, 0.3) is 0 Å². The molecule has 0 aromatic heterocycles. The molecule has 1 aromatic carbocycles. The second kappa shape index (κ2) is 4.36. The Labute approximate surface area is 79.0 Å². The number of ether oxygens (including phenoxy) is 1. The van der Waals surface area contributed by atoms with Gasteiger partial charge in [-0.1, -0.05) is 6.07 Å². The van der Waals surface area contributed by atoms with E-state index in [0.29, 0.717) is 17.2 Å². The molecule has 0 aliphatic heterocycles. The Morgan fingerprint density at radius 2 is 2.31 bits per heavy atom. The average molecular weight is 201 g/mol. The van der Waals surface area contributed by atoms with E-state index in [4.69, 9.17) is 15.0 Å². The van der Waals surface area contributed by atoms with E-state index in [1.165, 1.54) is 13.2 Å². The summed E-state index contributed by atoms with van der Waals surface area (Å²) in [5, 5.41) is 0. The Hall–Kier alpha value is -0.910. The van der Waals surface area contributed by atoms with Gasteiger partial charge in [0.25, 0.3) is 0 Å². The highest BCUT2D eigenvalue weighted by atomic mass is 32.2. The molecule has 0 radical (unpaired) electrons. The second-order valence-corrected chi connectivity index (χ2v) is 3.40. The Morgan fingerprint density at radius 3 is 2.77 bits per heavy atom. The molecule has 1 atom stereocenters. The van der Waals surface area contributed by atoms with Gasteiger partial charge in [-0.2, -0.15) is 0 Å². The predicted octanol–water partition coefficient (Wildman–Crippen LogP) is 0.734. The molecule has 0 heterocycles. The monoisotopic (exact) mass is 201 g/mol. The van der Waals surface area contributed by atoms with Crippen LogP contribution in [0, 0.1) is 0 Å². The SMILES string of the molecule is COc1cc(S(=O)O)ccc1CN. The number of rotatable bonds is 3. The molecule has 0 aliphatic rings. The zero-order valence-electron chi connectivity index (χ0n) is 7.19.